The van der Waals surface area contributed by atoms with Gasteiger partial charge in [0.15, 0.2) is 17.8 Å². The lowest BCUT2D eigenvalue weighted by Crippen LogP contribution is -2.02. The number of carbonyl (C=O) groups is 1. The van der Waals surface area contributed by atoms with Gasteiger partial charge in [0.25, 0.3) is 0 Å². The average molecular weight is 233 g/mol. The predicted octanol–water partition coefficient (Wildman–Crippen LogP) is 2.58. The van der Waals surface area contributed by atoms with Crippen LogP contribution in [0.2, 0.25) is 0 Å². The Bertz CT molecular complexity index is 410. The molecule has 4 nitrogen and oxygen atoms in total. The summed E-state index contributed by atoms with van der Waals surface area (Å²) in [6, 6.07) is 7.24. The van der Waals surface area contributed by atoms with E-state index in [1.807, 2.05) is 0 Å². The van der Waals surface area contributed by atoms with Gasteiger partial charge in [-0.25, -0.2) is 0 Å². The molecule has 0 aromatic heterocycles. The maximum atomic E-state index is 10.9. The number of nitrogens with zero attached hydrogens (tertiary/aromatic N) is 1. The number of carbonyl (C=O) groups excluding carboxylic acids is 1. The number of hydrogen-bond acceptors (Lipinski definition) is 4. The smallest absolute Gasteiger partial charge is 0.171 e. The molecule has 0 aliphatic rings. The van der Waals surface area contributed by atoms with Gasteiger partial charge in [-0.1, -0.05) is 6.07 Å². The summed E-state index contributed by atoms with van der Waals surface area (Å²) >= 11 is 0. The zero-order chi connectivity index (χ0) is 12.5. The molecule has 1 rings (SSSR count). The number of aldehydes is 1. The third-order valence-electron chi connectivity index (χ3n) is 2.29. The van der Waals surface area contributed by atoms with E-state index in [1.165, 1.54) is 7.11 Å². The zero-order valence-electron chi connectivity index (χ0n) is 9.81. The summed E-state index contributed by atoms with van der Waals surface area (Å²) in [5.74, 6) is 1.02. The number of rotatable bonds is 7. The number of ether oxygens (including phenoxy) is 2. The van der Waals surface area contributed by atoms with Crippen molar-refractivity contribution in [1.82, 2.24) is 0 Å². The SMILES string of the molecule is COc1cccc(C=O)c1OCCCCC#N. The normalized spacial score (nSPS) is 9.41. The van der Waals surface area contributed by atoms with Crippen LogP contribution < -0.4 is 9.47 Å². The summed E-state index contributed by atoms with van der Waals surface area (Å²) in [6.45, 7) is 0.475. The van der Waals surface area contributed by atoms with Crippen LogP contribution in [0.4, 0.5) is 0 Å². The fourth-order valence-corrected chi connectivity index (χ4v) is 1.42. The Hall–Kier alpha value is -2.02. The summed E-state index contributed by atoms with van der Waals surface area (Å²) in [6.07, 6.45) is 2.84. The summed E-state index contributed by atoms with van der Waals surface area (Å²) < 4.78 is 10.7. The topological polar surface area (TPSA) is 59.3 Å². The fourth-order valence-electron chi connectivity index (χ4n) is 1.42. The highest BCUT2D eigenvalue weighted by Crippen LogP contribution is 2.30. The first-order chi connectivity index (χ1) is 8.33. The van der Waals surface area contributed by atoms with Gasteiger partial charge in [-0.3, -0.25) is 4.79 Å². The first kappa shape index (κ1) is 13.0. The van der Waals surface area contributed by atoms with Crippen LogP contribution in [0.25, 0.3) is 0 Å². The minimum Gasteiger partial charge on any atom is -0.493 e. The average Bonchev–Trinajstić information content (AvgIpc) is 2.38. The summed E-state index contributed by atoms with van der Waals surface area (Å²) in [7, 11) is 1.53. The van der Waals surface area contributed by atoms with Gasteiger partial charge in [0.05, 0.1) is 25.3 Å². The van der Waals surface area contributed by atoms with Crippen LogP contribution in [-0.2, 0) is 0 Å². The van der Waals surface area contributed by atoms with Crippen molar-refractivity contribution in [3.63, 3.8) is 0 Å². The molecule has 0 fully saturated rings. The van der Waals surface area contributed by atoms with E-state index in [2.05, 4.69) is 6.07 Å². The molecule has 4 heteroatoms. The van der Waals surface area contributed by atoms with Crippen LogP contribution in [0.1, 0.15) is 29.6 Å². The highest BCUT2D eigenvalue weighted by molar-refractivity contribution is 5.81. The van der Waals surface area contributed by atoms with Gasteiger partial charge in [-0.05, 0) is 25.0 Å². The number of methoxy groups -OCH3 is 1. The molecule has 0 saturated carbocycles. The second kappa shape index (κ2) is 7.29. The second-order valence-electron chi connectivity index (χ2n) is 3.46. The lowest BCUT2D eigenvalue weighted by atomic mass is 10.2. The van der Waals surface area contributed by atoms with Crippen LogP contribution in [-0.4, -0.2) is 20.0 Å². The second-order valence-corrected chi connectivity index (χ2v) is 3.46. The highest BCUT2D eigenvalue weighted by atomic mass is 16.5. The fraction of sp³-hybridized carbons (Fsp3) is 0.385. The monoisotopic (exact) mass is 233 g/mol. The van der Waals surface area contributed by atoms with E-state index in [0.29, 0.717) is 30.1 Å². The van der Waals surface area contributed by atoms with Crippen LogP contribution >= 0.6 is 0 Å². The van der Waals surface area contributed by atoms with E-state index in [1.54, 1.807) is 18.2 Å². The van der Waals surface area contributed by atoms with E-state index in [-0.39, 0.29) is 0 Å². The number of para-hydroxylation sites is 1. The van der Waals surface area contributed by atoms with Gasteiger partial charge in [0.1, 0.15) is 0 Å². The van der Waals surface area contributed by atoms with Crippen molar-refractivity contribution in [3.8, 4) is 17.6 Å². The summed E-state index contributed by atoms with van der Waals surface area (Å²) in [4.78, 5) is 10.9. The Kier molecular flexibility index (Phi) is 5.59. The maximum Gasteiger partial charge on any atom is 0.171 e. The molecule has 90 valence electrons. The van der Waals surface area contributed by atoms with Crippen molar-refractivity contribution in [2.24, 2.45) is 0 Å². The van der Waals surface area contributed by atoms with Gasteiger partial charge >= 0.3 is 0 Å². The van der Waals surface area contributed by atoms with Crippen molar-refractivity contribution in [1.29, 1.82) is 5.26 Å². The standard InChI is InChI=1S/C13H15NO3/c1-16-12-7-5-6-11(10-15)13(12)17-9-4-2-3-8-14/h5-7,10H,2-4,9H2,1H3. The Balaban J connectivity index is 2.62. The molecule has 0 atom stereocenters. The Morgan fingerprint density at radius 1 is 1.41 bits per heavy atom. The minimum absolute atomic E-state index is 0.474. The number of hydrogen-bond donors (Lipinski definition) is 0. The van der Waals surface area contributed by atoms with Crippen LogP contribution in [0.3, 0.4) is 0 Å². The van der Waals surface area contributed by atoms with Crippen molar-refractivity contribution in [2.45, 2.75) is 19.3 Å². The highest BCUT2D eigenvalue weighted by Gasteiger charge is 2.09. The predicted molar refractivity (Wildman–Crippen MR) is 63.3 cm³/mol. The van der Waals surface area contributed by atoms with Gasteiger partial charge in [-0.2, -0.15) is 5.26 Å². The lowest BCUT2D eigenvalue weighted by molar-refractivity contribution is 0.111. The van der Waals surface area contributed by atoms with Gasteiger partial charge < -0.3 is 9.47 Å². The zero-order valence-corrected chi connectivity index (χ0v) is 9.81. The minimum atomic E-state index is 0.474. The van der Waals surface area contributed by atoms with Crippen LogP contribution in [0.5, 0.6) is 11.5 Å². The molecular weight excluding hydrogens is 218 g/mol. The summed E-state index contributed by atoms with van der Waals surface area (Å²) in [5.41, 5.74) is 0.477. The molecule has 1 aromatic rings. The van der Waals surface area contributed by atoms with E-state index in [9.17, 15) is 4.79 Å². The molecule has 0 radical (unpaired) electrons. The Labute approximate surface area is 101 Å². The van der Waals surface area contributed by atoms with E-state index in [4.69, 9.17) is 14.7 Å². The number of unbranched alkanes of at least 4 members (excludes halogenated alkanes) is 2. The molecular formula is C13H15NO3. The molecule has 0 aliphatic heterocycles. The molecule has 0 unspecified atom stereocenters. The van der Waals surface area contributed by atoms with E-state index >= 15 is 0 Å². The quantitative estimate of drug-likeness (QED) is 0.536. The van der Waals surface area contributed by atoms with E-state index < -0.39 is 0 Å². The van der Waals surface area contributed by atoms with Gasteiger partial charge in [0.2, 0.25) is 0 Å². The molecule has 1 aromatic carbocycles. The Morgan fingerprint density at radius 2 is 2.24 bits per heavy atom. The first-order valence-electron chi connectivity index (χ1n) is 5.45. The largest absolute Gasteiger partial charge is 0.493 e. The molecule has 17 heavy (non-hydrogen) atoms. The van der Waals surface area contributed by atoms with Crippen molar-refractivity contribution in [3.05, 3.63) is 23.8 Å². The molecule has 0 N–H and O–H groups in total. The third-order valence-corrected chi connectivity index (χ3v) is 2.29. The van der Waals surface area contributed by atoms with Gasteiger partial charge in [-0.15, -0.1) is 0 Å². The van der Waals surface area contributed by atoms with Gasteiger partial charge in [0, 0.05) is 6.42 Å². The van der Waals surface area contributed by atoms with Crippen molar-refractivity contribution >= 4 is 6.29 Å². The van der Waals surface area contributed by atoms with E-state index in [0.717, 1.165) is 19.1 Å². The van der Waals surface area contributed by atoms with Crippen molar-refractivity contribution < 1.29 is 14.3 Å². The molecule has 0 amide bonds. The lowest BCUT2D eigenvalue weighted by Gasteiger charge is -2.11. The number of benzene rings is 1. The summed E-state index contributed by atoms with van der Waals surface area (Å²) in [5, 5.41) is 8.39. The maximum absolute atomic E-state index is 10.9. The third kappa shape index (κ3) is 3.80. The molecule has 0 saturated heterocycles. The molecule has 0 bridgehead atoms. The molecule has 0 aliphatic carbocycles. The van der Waals surface area contributed by atoms with Crippen LogP contribution in [0.15, 0.2) is 18.2 Å². The Morgan fingerprint density at radius 3 is 2.88 bits per heavy atom. The molecule has 0 heterocycles. The molecule has 0 spiro atoms. The first-order valence-corrected chi connectivity index (χ1v) is 5.45. The number of nitriles is 1. The van der Waals surface area contributed by atoms with Crippen LogP contribution in [0, 0.1) is 11.3 Å². The van der Waals surface area contributed by atoms with Crippen molar-refractivity contribution in [2.75, 3.05) is 13.7 Å².